The smallest absolute Gasteiger partial charge is 0.0166 e. The highest BCUT2D eigenvalue weighted by Gasteiger charge is 2.05. The Bertz CT molecular complexity index is 150. The van der Waals surface area contributed by atoms with Crippen molar-refractivity contribution in [3.63, 3.8) is 0 Å². The molecular weight excluding hydrogens is 172 g/mol. The van der Waals surface area contributed by atoms with E-state index in [2.05, 4.69) is 44.5 Å². The minimum atomic E-state index is 0.578. The average molecular weight is 198 g/mol. The second-order valence-electron chi connectivity index (χ2n) is 4.05. The molecule has 0 bridgehead atoms. The van der Waals surface area contributed by atoms with Crippen molar-refractivity contribution in [1.29, 1.82) is 0 Å². The maximum Gasteiger partial charge on any atom is 0.0166 e. The molecule has 0 fully saturated rings. The monoisotopic (exact) mass is 198 g/mol. The summed E-state index contributed by atoms with van der Waals surface area (Å²) in [7, 11) is 0. The minimum absolute atomic E-state index is 0.578. The predicted molar refractivity (Wildman–Crippen MR) is 64.7 cm³/mol. The quantitative estimate of drug-likeness (QED) is 0.602. The van der Waals surface area contributed by atoms with E-state index in [-0.39, 0.29) is 0 Å². The van der Waals surface area contributed by atoms with Crippen LogP contribution in [0.1, 0.15) is 34.1 Å². The largest absolute Gasteiger partial charge is 0.313 e. The van der Waals surface area contributed by atoms with Crippen LogP contribution in [0.25, 0.3) is 0 Å². The fraction of sp³-hybridized carbons (Fsp3) is 0.833. The molecule has 0 aliphatic rings. The van der Waals surface area contributed by atoms with E-state index in [0.717, 1.165) is 32.6 Å². The molecule has 2 nitrogen and oxygen atoms in total. The molecule has 0 aromatic heterocycles. The van der Waals surface area contributed by atoms with Gasteiger partial charge in [-0.25, -0.2) is 0 Å². The molecule has 1 N–H and O–H groups in total. The van der Waals surface area contributed by atoms with Gasteiger partial charge >= 0.3 is 0 Å². The molecule has 0 heterocycles. The van der Waals surface area contributed by atoms with Gasteiger partial charge in [0.1, 0.15) is 0 Å². The fourth-order valence-electron chi connectivity index (χ4n) is 1.47. The maximum absolute atomic E-state index is 3.89. The summed E-state index contributed by atoms with van der Waals surface area (Å²) >= 11 is 0. The Morgan fingerprint density at radius 2 is 1.93 bits per heavy atom. The zero-order chi connectivity index (χ0) is 11.0. The highest BCUT2D eigenvalue weighted by Crippen LogP contribution is 1.95. The van der Waals surface area contributed by atoms with Crippen LogP contribution in [-0.2, 0) is 0 Å². The molecule has 0 aromatic carbocycles. The SMILES string of the molecule is C=C(C)CCNC(C)CN(CC)CC. The summed E-state index contributed by atoms with van der Waals surface area (Å²) in [6.07, 6.45) is 1.09. The van der Waals surface area contributed by atoms with Crippen LogP contribution in [0, 0.1) is 0 Å². The van der Waals surface area contributed by atoms with E-state index in [9.17, 15) is 0 Å². The molecule has 14 heavy (non-hydrogen) atoms. The molecule has 0 spiro atoms. The van der Waals surface area contributed by atoms with Crippen molar-refractivity contribution in [2.45, 2.75) is 40.2 Å². The first-order chi connectivity index (χ1) is 6.60. The Morgan fingerprint density at radius 1 is 1.36 bits per heavy atom. The third-order valence-electron chi connectivity index (χ3n) is 2.47. The van der Waals surface area contributed by atoms with Crippen LogP contribution in [0.5, 0.6) is 0 Å². The lowest BCUT2D eigenvalue weighted by atomic mass is 10.2. The number of hydrogen-bond acceptors (Lipinski definition) is 2. The van der Waals surface area contributed by atoms with E-state index in [0.29, 0.717) is 6.04 Å². The maximum atomic E-state index is 3.89. The highest BCUT2D eigenvalue weighted by atomic mass is 15.1. The van der Waals surface area contributed by atoms with Crippen LogP contribution < -0.4 is 5.32 Å². The zero-order valence-electron chi connectivity index (χ0n) is 10.3. The first kappa shape index (κ1) is 13.7. The number of nitrogens with zero attached hydrogens (tertiary/aromatic N) is 1. The average Bonchev–Trinajstić information content (AvgIpc) is 2.13. The van der Waals surface area contributed by atoms with Crippen molar-refractivity contribution in [3.05, 3.63) is 12.2 Å². The highest BCUT2D eigenvalue weighted by molar-refractivity contribution is 4.88. The summed E-state index contributed by atoms with van der Waals surface area (Å²) in [5, 5.41) is 3.51. The number of hydrogen-bond donors (Lipinski definition) is 1. The van der Waals surface area contributed by atoms with Crippen molar-refractivity contribution in [2.75, 3.05) is 26.2 Å². The van der Waals surface area contributed by atoms with Crippen LogP contribution in [0.3, 0.4) is 0 Å². The van der Waals surface area contributed by atoms with Crippen LogP contribution in [0.15, 0.2) is 12.2 Å². The second-order valence-corrected chi connectivity index (χ2v) is 4.05. The van der Waals surface area contributed by atoms with Crippen molar-refractivity contribution >= 4 is 0 Å². The Labute approximate surface area is 89.4 Å². The first-order valence-corrected chi connectivity index (χ1v) is 5.70. The Kier molecular flexibility index (Phi) is 7.81. The summed E-state index contributed by atoms with van der Waals surface area (Å²) in [6, 6.07) is 0.578. The summed E-state index contributed by atoms with van der Waals surface area (Å²) in [5.74, 6) is 0. The first-order valence-electron chi connectivity index (χ1n) is 5.70. The normalized spacial score (nSPS) is 13.2. The molecule has 84 valence electrons. The number of nitrogens with one attached hydrogen (secondary N) is 1. The molecule has 2 heteroatoms. The van der Waals surface area contributed by atoms with E-state index in [1.54, 1.807) is 0 Å². The molecular formula is C12H26N2. The third kappa shape index (κ3) is 7.10. The summed E-state index contributed by atoms with van der Waals surface area (Å²) in [6.45, 7) is 17.1. The fourth-order valence-corrected chi connectivity index (χ4v) is 1.47. The van der Waals surface area contributed by atoms with Crippen LogP contribution in [0.2, 0.25) is 0 Å². The second kappa shape index (κ2) is 8.01. The molecule has 1 unspecified atom stereocenters. The van der Waals surface area contributed by atoms with E-state index in [4.69, 9.17) is 0 Å². The van der Waals surface area contributed by atoms with Gasteiger partial charge in [-0.05, 0) is 39.9 Å². The van der Waals surface area contributed by atoms with E-state index in [1.807, 2.05) is 0 Å². The topological polar surface area (TPSA) is 15.3 Å². The van der Waals surface area contributed by atoms with E-state index >= 15 is 0 Å². The van der Waals surface area contributed by atoms with Gasteiger partial charge in [-0.2, -0.15) is 0 Å². The summed E-state index contributed by atoms with van der Waals surface area (Å²) in [4.78, 5) is 2.44. The lowest BCUT2D eigenvalue weighted by molar-refractivity contribution is 0.272. The van der Waals surface area contributed by atoms with Crippen molar-refractivity contribution < 1.29 is 0 Å². The molecule has 0 aromatic rings. The number of likely N-dealkylation sites (N-methyl/N-ethyl adjacent to an activating group) is 1. The summed E-state index contributed by atoms with van der Waals surface area (Å²) < 4.78 is 0. The van der Waals surface area contributed by atoms with Gasteiger partial charge < -0.3 is 10.2 Å². The van der Waals surface area contributed by atoms with Gasteiger partial charge in [0.2, 0.25) is 0 Å². The lowest BCUT2D eigenvalue weighted by Crippen LogP contribution is -2.39. The Hall–Kier alpha value is -0.340. The predicted octanol–water partition coefficient (Wildman–Crippen LogP) is 2.27. The van der Waals surface area contributed by atoms with Crippen molar-refractivity contribution in [2.24, 2.45) is 0 Å². The van der Waals surface area contributed by atoms with Crippen molar-refractivity contribution in [3.8, 4) is 0 Å². The molecule has 0 rings (SSSR count). The van der Waals surface area contributed by atoms with Crippen LogP contribution >= 0.6 is 0 Å². The van der Waals surface area contributed by atoms with E-state index in [1.165, 1.54) is 5.57 Å². The minimum Gasteiger partial charge on any atom is -0.313 e. The van der Waals surface area contributed by atoms with Gasteiger partial charge in [0.25, 0.3) is 0 Å². The molecule has 0 aliphatic carbocycles. The Morgan fingerprint density at radius 3 is 2.36 bits per heavy atom. The molecule has 0 aliphatic heterocycles. The van der Waals surface area contributed by atoms with Crippen LogP contribution in [-0.4, -0.2) is 37.1 Å². The van der Waals surface area contributed by atoms with Gasteiger partial charge in [0.15, 0.2) is 0 Å². The molecule has 0 radical (unpaired) electrons. The molecule has 1 atom stereocenters. The molecule has 0 saturated carbocycles. The van der Waals surface area contributed by atoms with E-state index < -0.39 is 0 Å². The van der Waals surface area contributed by atoms with Gasteiger partial charge in [-0.15, -0.1) is 6.58 Å². The van der Waals surface area contributed by atoms with Gasteiger partial charge in [-0.3, -0.25) is 0 Å². The summed E-state index contributed by atoms with van der Waals surface area (Å²) in [5.41, 5.74) is 1.26. The van der Waals surface area contributed by atoms with Crippen LogP contribution in [0.4, 0.5) is 0 Å². The zero-order valence-corrected chi connectivity index (χ0v) is 10.3. The lowest BCUT2D eigenvalue weighted by Gasteiger charge is -2.23. The Balaban J connectivity index is 3.53. The molecule has 0 amide bonds. The molecule has 0 saturated heterocycles. The van der Waals surface area contributed by atoms with Gasteiger partial charge in [0.05, 0.1) is 0 Å². The third-order valence-corrected chi connectivity index (χ3v) is 2.47. The van der Waals surface area contributed by atoms with Gasteiger partial charge in [0, 0.05) is 12.6 Å². The van der Waals surface area contributed by atoms with Gasteiger partial charge in [-0.1, -0.05) is 19.4 Å². The van der Waals surface area contributed by atoms with Crippen molar-refractivity contribution in [1.82, 2.24) is 10.2 Å². The number of rotatable bonds is 8. The standard InChI is InChI=1S/C12H26N2/c1-6-14(7-2)10-12(5)13-9-8-11(3)4/h12-13H,3,6-10H2,1-2,4-5H3.